The van der Waals surface area contributed by atoms with E-state index in [4.69, 9.17) is 5.11 Å². The molecule has 0 bridgehead atoms. The van der Waals surface area contributed by atoms with Gasteiger partial charge in [0.1, 0.15) is 5.82 Å². The molecule has 0 aliphatic carbocycles. The number of nitrogens with one attached hydrogen (secondary N) is 1. The first-order valence-corrected chi connectivity index (χ1v) is 7.23. The monoisotopic (exact) mass is 313 g/mol. The second kappa shape index (κ2) is 6.18. The van der Waals surface area contributed by atoms with Crippen molar-refractivity contribution in [3.63, 3.8) is 0 Å². The van der Waals surface area contributed by atoms with Crippen LogP contribution >= 0.6 is 0 Å². The normalized spacial score (nSPS) is 10.9. The molecule has 1 aromatic heterocycles. The van der Waals surface area contributed by atoms with E-state index in [2.05, 4.69) is 10.4 Å². The van der Waals surface area contributed by atoms with Crippen molar-refractivity contribution in [2.75, 3.05) is 11.9 Å². The Morgan fingerprint density at radius 2 is 2.17 bits per heavy atom. The van der Waals surface area contributed by atoms with Crippen molar-refractivity contribution in [1.82, 2.24) is 9.78 Å². The Bertz CT molecular complexity index is 873. The van der Waals surface area contributed by atoms with Crippen LogP contribution in [-0.2, 0) is 4.79 Å². The van der Waals surface area contributed by atoms with Gasteiger partial charge in [0.05, 0.1) is 35.8 Å². The van der Waals surface area contributed by atoms with Crippen LogP contribution in [-0.4, -0.2) is 27.4 Å². The number of aromatic nitrogens is 2. The van der Waals surface area contributed by atoms with Gasteiger partial charge in [-0.1, -0.05) is 12.1 Å². The van der Waals surface area contributed by atoms with Crippen LogP contribution in [0.25, 0.3) is 16.6 Å². The average molecular weight is 313 g/mol. The molecule has 0 atom stereocenters. The van der Waals surface area contributed by atoms with Crippen molar-refractivity contribution < 1.29 is 14.3 Å². The van der Waals surface area contributed by atoms with Crippen LogP contribution in [0, 0.1) is 12.7 Å². The molecule has 0 saturated heterocycles. The number of amides is 1. The number of benzene rings is 2. The average Bonchev–Trinajstić information content (AvgIpc) is 2.91. The van der Waals surface area contributed by atoms with Crippen molar-refractivity contribution in [1.29, 1.82) is 0 Å². The Balaban J connectivity index is 2.07. The van der Waals surface area contributed by atoms with Crippen LogP contribution < -0.4 is 5.32 Å². The maximum absolute atomic E-state index is 14.2. The quantitative estimate of drug-likeness (QED) is 0.778. The van der Waals surface area contributed by atoms with Gasteiger partial charge < -0.3 is 10.4 Å². The maximum atomic E-state index is 14.2. The molecule has 0 spiro atoms. The number of rotatable bonds is 4. The summed E-state index contributed by atoms with van der Waals surface area (Å²) in [6, 6.07) is 10.6. The molecule has 5 nitrogen and oxygen atoms in total. The first-order chi connectivity index (χ1) is 11.1. The van der Waals surface area contributed by atoms with Crippen molar-refractivity contribution in [2.24, 2.45) is 0 Å². The number of halogens is 1. The zero-order chi connectivity index (χ0) is 16.4. The topological polar surface area (TPSA) is 67.2 Å². The third-order valence-corrected chi connectivity index (χ3v) is 3.51. The van der Waals surface area contributed by atoms with E-state index >= 15 is 0 Å². The predicted molar refractivity (Wildman–Crippen MR) is 86.1 cm³/mol. The molecule has 0 aliphatic heterocycles. The van der Waals surface area contributed by atoms with E-state index in [1.165, 1.54) is 12.3 Å². The highest BCUT2D eigenvalue weighted by molar-refractivity contribution is 5.94. The van der Waals surface area contributed by atoms with E-state index in [1.54, 1.807) is 10.7 Å². The summed E-state index contributed by atoms with van der Waals surface area (Å²) in [6.45, 7) is 1.72. The highest BCUT2D eigenvalue weighted by Gasteiger charge is 2.12. The molecule has 6 heteroatoms. The van der Waals surface area contributed by atoms with Gasteiger partial charge in [0.25, 0.3) is 0 Å². The minimum absolute atomic E-state index is 0.0310. The van der Waals surface area contributed by atoms with Crippen LogP contribution in [0.5, 0.6) is 0 Å². The number of carbonyl (C=O) groups excluding carboxylic acids is 1. The van der Waals surface area contributed by atoms with Crippen LogP contribution in [0.1, 0.15) is 12.0 Å². The number of anilines is 1. The van der Waals surface area contributed by atoms with Gasteiger partial charge in [-0.2, -0.15) is 5.10 Å². The first kappa shape index (κ1) is 15.2. The number of hydrogen-bond acceptors (Lipinski definition) is 3. The number of carbonyl (C=O) groups is 1. The lowest BCUT2D eigenvalue weighted by molar-refractivity contribution is -0.116. The van der Waals surface area contributed by atoms with Crippen molar-refractivity contribution in [3.8, 4) is 5.69 Å². The molecule has 0 unspecified atom stereocenters. The fourth-order valence-corrected chi connectivity index (χ4v) is 2.45. The molecule has 3 rings (SSSR count). The lowest BCUT2D eigenvalue weighted by Crippen LogP contribution is -2.13. The summed E-state index contributed by atoms with van der Waals surface area (Å²) >= 11 is 0. The van der Waals surface area contributed by atoms with E-state index in [0.717, 1.165) is 11.3 Å². The smallest absolute Gasteiger partial charge is 0.226 e. The lowest BCUT2D eigenvalue weighted by atomic mass is 10.2. The predicted octanol–water partition coefficient (Wildman–Crippen LogP) is 2.79. The second-order valence-electron chi connectivity index (χ2n) is 5.31. The summed E-state index contributed by atoms with van der Waals surface area (Å²) in [7, 11) is 0. The SMILES string of the molecule is Cc1cccc(-n2ncc3c(F)cc(NC(=O)CCO)cc32)c1. The summed E-state index contributed by atoms with van der Waals surface area (Å²) in [5, 5.41) is 16.0. The van der Waals surface area contributed by atoms with Gasteiger partial charge in [0, 0.05) is 5.69 Å². The van der Waals surface area contributed by atoms with Gasteiger partial charge in [-0.15, -0.1) is 0 Å². The molecule has 2 aromatic carbocycles. The summed E-state index contributed by atoms with van der Waals surface area (Å²) in [4.78, 5) is 11.6. The van der Waals surface area contributed by atoms with Crippen molar-refractivity contribution >= 4 is 22.5 Å². The van der Waals surface area contributed by atoms with Gasteiger partial charge in [-0.3, -0.25) is 4.79 Å². The minimum Gasteiger partial charge on any atom is -0.396 e. The first-order valence-electron chi connectivity index (χ1n) is 7.23. The Hall–Kier alpha value is -2.73. The molecule has 2 N–H and O–H groups in total. The molecule has 118 valence electrons. The Morgan fingerprint density at radius 1 is 1.35 bits per heavy atom. The van der Waals surface area contributed by atoms with E-state index in [-0.39, 0.29) is 18.9 Å². The summed E-state index contributed by atoms with van der Waals surface area (Å²) in [6.07, 6.45) is 1.43. The van der Waals surface area contributed by atoms with Gasteiger partial charge in [0.2, 0.25) is 5.91 Å². The summed E-state index contributed by atoms with van der Waals surface area (Å²) in [5.41, 5.74) is 2.79. The van der Waals surface area contributed by atoms with Gasteiger partial charge >= 0.3 is 0 Å². The van der Waals surface area contributed by atoms with Gasteiger partial charge in [-0.25, -0.2) is 9.07 Å². The van der Waals surface area contributed by atoms with Crippen LogP contribution in [0.4, 0.5) is 10.1 Å². The van der Waals surface area contributed by atoms with Gasteiger partial charge in [0.15, 0.2) is 0 Å². The molecular weight excluding hydrogens is 297 g/mol. The zero-order valence-electron chi connectivity index (χ0n) is 12.6. The van der Waals surface area contributed by atoms with Crippen LogP contribution in [0.15, 0.2) is 42.6 Å². The number of aryl methyl sites for hydroxylation is 1. The largest absolute Gasteiger partial charge is 0.396 e. The van der Waals surface area contributed by atoms with E-state index in [0.29, 0.717) is 16.6 Å². The number of aliphatic hydroxyl groups excluding tert-OH is 1. The van der Waals surface area contributed by atoms with Crippen LogP contribution in [0.3, 0.4) is 0 Å². The number of nitrogens with zero attached hydrogens (tertiary/aromatic N) is 2. The summed E-state index contributed by atoms with van der Waals surface area (Å²) < 4.78 is 15.9. The van der Waals surface area contributed by atoms with Gasteiger partial charge in [-0.05, 0) is 36.8 Å². The lowest BCUT2D eigenvalue weighted by Gasteiger charge is -2.08. The fourth-order valence-electron chi connectivity index (χ4n) is 2.45. The van der Waals surface area contributed by atoms with E-state index in [9.17, 15) is 9.18 Å². The third kappa shape index (κ3) is 3.07. The van der Waals surface area contributed by atoms with Crippen LogP contribution in [0.2, 0.25) is 0 Å². The molecule has 0 saturated carbocycles. The molecule has 0 aliphatic rings. The van der Waals surface area contributed by atoms with E-state index < -0.39 is 5.82 Å². The van der Waals surface area contributed by atoms with Crippen molar-refractivity contribution in [2.45, 2.75) is 13.3 Å². The highest BCUT2D eigenvalue weighted by atomic mass is 19.1. The molecule has 3 aromatic rings. The Morgan fingerprint density at radius 3 is 2.91 bits per heavy atom. The fraction of sp³-hybridized carbons (Fsp3) is 0.176. The second-order valence-corrected chi connectivity index (χ2v) is 5.31. The molecular formula is C17H16FN3O2. The molecule has 23 heavy (non-hydrogen) atoms. The number of aliphatic hydroxyl groups is 1. The molecule has 0 radical (unpaired) electrons. The van der Waals surface area contributed by atoms with E-state index in [1.807, 2.05) is 31.2 Å². The standard InChI is InChI=1S/C17H16FN3O2/c1-11-3-2-4-13(7-11)21-16-9-12(20-17(23)5-6-22)8-15(18)14(16)10-19-21/h2-4,7-10,22H,5-6H2,1H3,(H,20,23). The van der Waals surface area contributed by atoms with Crippen molar-refractivity contribution in [3.05, 3.63) is 54.0 Å². The molecule has 1 amide bonds. The Kier molecular flexibility index (Phi) is 4.08. The highest BCUT2D eigenvalue weighted by Crippen LogP contribution is 2.25. The number of fused-ring (bicyclic) bond motifs is 1. The molecule has 0 fully saturated rings. The summed E-state index contributed by atoms with van der Waals surface area (Å²) in [5.74, 6) is -0.825. The maximum Gasteiger partial charge on any atom is 0.226 e. The number of hydrogen-bond donors (Lipinski definition) is 2. The minimum atomic E-state index is -0.458. The third-order valence-electron chi connectivity index (χ3n) is 3.51. The molecule has 1 heterocycles. The zero-order valence-corrected chi connectivity index (χ0v) is 12.6. The Labute approximate surface area is 132 Å².